The monoisotopic (exact) mass is 295 g/mol. The van der Waals surface area contributed by atoms with Crippen molar-refractivity contribution >= 4 is 22.9 Å². The highest BCUT2D eigenvalue weighted by Gasteiger charge is 2.13. The van der Waals surface area contributed by atoms with E-state index in [1.54, 1.807) is 11.3 Å². The Labute approximate surface area is 123 Å². The van der Waals surface area contributed by atoms with E-state index in [2.05, 4.69) is 29.4 Å². The maximum Gasteiger partial charge on any atom is 0.134 e. The summed E-state index contributed by atoms with van der Waals surface area (Å²) >= 11 is 7.57. The first-order chi connectivity index (χ1) is 9.22. The molecule has 1 heterocycles. The minimum absolute atomic E-state index is 0.321. The van der Waals surface area contributed by atoms with Gasteiger partial charge in [0, 0.05) is 11.4 Å². The van der Waals surface area contributed by atoms with Crippen LogP contribution < -0.4 is 5.32 Å². The standard InChI is InChI=1S/C14H18ClN3S/c1-3-12(16-4-2)14-18-17-13(19-14)9-10-5-7-11(15)8-6-10/h5-8,12,16H,3-4,9H2,1-2H3. The molecule has 0 aliphatic carbocycles. The van der Waals surface area contributed by atoms with Crippen LogP contribution in [0.2, 0.25) is 5.02 Å². The zero-order chi connectivity index (χ0) is 13.7. The fourth-order valence-corrected chi connectivity index (χ4v) is 3.07. The summed E-state index contributed by atoms with van der Waals surface area (Å²) in [5, 5.41) is 14.9. The lowest BCUT2D eigenvalue weighted by atomic mass is 10.2. The van der Waals surface area contributed by atoms with Crippen molar-refractivity contribution in [3.63, 3.8) is 0 Å². The van der Waals surface area contributed by atoms with Crippen LogP contribution >= 0.6 is 22.9 Å². The van der Waals surface area contributed by atoms with Gasteiger partial charge in [-0.2, -0.15) is 0 Å². The van der Waals surface area contributed by atoms with Gasteiger partial charge in [-0.3, -0.25) is 0 Å². The Bertz CT molecular complexity index is 510. The van der Waals surface area contributed by atoms with E-state index in [4.69, 9.17) is 11.6 Å². The average molecular weight is 296 g/mol. The summed E-state index contributed by atoms with van der Waals surface area (Å²) in [6, 6.07) is 8.20. The highest BCUT2D eigenvalue weighted by atomic mass is 35.5. The molecule has 1 unspecified atom stereocenters. The molecule has 3 nitrogen and oxygen atoms in total. The Morgan fingerprint density at radius 3 is 2.58 bits per heavy atom. The van der Waals surface area contributed by atoms with Crippen LogP contribution in [-0.4, -0.2) is 16.7 Å². The van der Waals surface area contributed by atoms with E-state index in [0.717, 1.165) is 34.4 Å². The first kappa shape index (κ1) is 14.4. The molecule has 102 valence electrons. The second-order valence-corrected chi connectivity index (χ2v) is 5.89. The van der Waals surface area contributed by atoms with Gasteiger partial charge in [-0.25, -0.2) is 0 Å². The molecule has 0 aliphatic heterocycles. The molecule has 1 N–H and O–H groups in total. The molecule has 1 aromatic carbocycles. The van der Waals surface area contributed by atoms with Crippen molar-refractivity contribution in [3.05, 3.63) is 44.9 Å². The molecule has 0 radical (unpaired) electrons. The van der Waals surface area contributed by atoms with Gasteiger partial charge >= 0.3 is 0 Å². The van der Waals surface area contributed by atoms with Gasteiger partial charge in [0.25, 0.3) is 0 Å². The molecule has 2 rings (SSSR count). The number of aromatic nitrogens is 2. The number of rotatable bonds is 6. The largest absolute Gasteiger partial charge is 0.308 e. The maximum absolute atomic E-state index is 5.88. The lowest BCUT2D eigenvalue weighted by molar-refractivity contribution is 0.531. The highest BCUT2D eigenvalue weighted by Crippen LogP contribution is 2.22. The molecule has 1 atom stereocenters. The molecule has 0 aliphatic rings. The lowest BCUT2D eigenvalue weighted by Gasteiger charge is -2.10. The predicted molar refractivity (Wildman–Crippen MR) is 80.9 cm³/mol. The summed E-state index contributed by atoms with van der Waals surface area (Å²) < 4.78 is 0. The molecule has 2 aromatic rings. The van der Waals surface area contributed by atoms with E-state index in [0.29, 0.717) is 6.04 Å². The SMILES string of the molecule is CCNC(CC)c1nnc(Cc2ccc(Cl)cc2)s1. The van der Waals surface area contributed by atoms with Crippen LogP contribution in [0.3, 0.4) is 0 Å². The molecule has 5 heteroatoms. The van der Waals surface area contributed by atoms with Gasteiger partial charge < -0.3 is 5.32 Å². The molecule has 19 heavy (non-hydrogen) atoms. The van der Waals surface area contributed by atoms with Gasteiger partial charge in [0.15, 0.2) is 0 Å². The normalized spacial score (nSPS) is 12.6. The maximum atomic E-state index is 5.88. The summed E-state index contributed by atoms with van der Waals surface area (Å²) in [6.45, 7) is 5.22. The summed E-state index contributed by atoms with van der Waals surface area (Å²) in [5.74, 6) is 0. The second-order valence-electron chi connectivity index (χ2n) is 4.36. The Kier molecular flexibility index (Phi) is 5.31. The van der Waals surface area contributed by atoms with E-state index < -0.39 is 0 Å². The average Bonchev–Trinajstić information content (AvgIpc) is 2.87. The zero-order valence-electron chi connectivity index (χ0n) is 11.2. The molecule has 0 fully saturated rings. The quantitative estimate of drug-likeness (QED) is 0.880. The van der Waals surface area contributed by atoms with Crippen LogP contribution in [-0.2, 0) is 6.42 Å². The lowest BCUT2D eigenvalue weighted by Crippen LogP contribution is -2.19. The smallest absolute Gasteiger partial charge is 0.134 e. The fourth-order valence-electron chi connectivity index (χ4n) is 1.91. The van der Waals surface area contributed by atoms with Crippen LogP contribution in [0.15, 0.2) is 24.3 Å². The molecule has 0 amide bonds. The van der Waals surface area contributed by atoms with E-state index in [1.165, 1.54) is 5.56 Å². The number of nitrogens with one attached hydrogen (secondary N) is 1. The molecule has 0 saturated heterocycles. The van der Waals surface area contributed by atoms with Crippen molar-refractivity contribution in [1.82, 2.24) is 15.5 Å². The molecule has 0 saturated carbocycles. The Balaban J connectivity index is 2.06. The van der Waals surface area contributed by atoms with Crippen LogP contribution in [0.1, 0.15) is 41.9 Å². The number of benzene rings is 1. The van der Waals surface area contributed by atoms with Crippen molar-refractivity contribution in [2.75, 3.05) is 6.54 Å². The van der Waals surface area contributed by atoms with Gasteiger partial charge in [-0.05, 0) is 30.7 Å². The molecule has 1 aromatic heterocycles. The minimum Gasteiger partial charge on any atom is -0.308 e. The van der Waals surface area contributed by atoms with Gasteiger partial charge in [0.05, 0.1) is 6.04 Å². The third-order valence-corrected chi connectivity index (χ3v) is 4.20. The van der Waals surface area contributed by atoms with Crippen LogP contribution in [0.25, 0.3) is 0 Å². The molecular formula is C14H18ClN3S. The summed E-state index contributed by atoms with van der Waals surface area (Å²) in [6.07, 6.45) is 1.85. The predicted octanol–water partition coefficient (Wildman–Crippen LogP) is 3.84. The number of hydrogen-bond acceptors (Lipinski definition) is 4. The van der Waals surface area contributed by atoms with Gasteiger partial charge in [-0.1, -0.05) is 48.9 Å². The van der Waals surface area contributed by atoms with Crippen LogP contribution in [0.5, 0.6) is 0 Å². The van der Waals surface area contributed by atoms with Gasteiger partial charge in [0.1, 0.15) is 10.0 Å². The zero-order valence-corrected chi connectivity index (χ0v) is 12.8. The minimum atomic E-state index is 0.321. The summed E-state index contributed by atoms with van der Waals surface area (Å²) in [4.78, 5) is 0. The summed E-state index contributed by atoms with van der Waals surface area (Å²) in [7, 11) is 0. The van der Waals surface area contributed by atoms with Crippen LogP contribution in [0, 0.1) is 0 Å². The van der Waals surface area contributed by atoms with Gasteiger partial charge in [-0.15, -0.1) is 10.2 Å². The Morgan fingerprint density at radius 2 is 1.95 bits per heavy atom. The van der Waals surface area contributed by atoms with Crippen molar-refractivity contribution in [2.24, 2.45) is 0 Å². The third kappa shape index (κ3) is 4.00. The molecular weight excluding hydrogens is 278 g/mol. The first-order valence-corrected chi connectivity index (χ1v) is 7.72. The fraction of sp³-hybridized carbons (Fsp3) is 0.429. The molecule has 0 spiro atoms. The Hall–Kier alpha value is -0.970. The van der Waals surface area contributed by atoms with Crippen LogP contribution in [0.4, 0.5) is 0 Å². The van der Waals surface area contributed by atoms with Crippen molar-refractivity contribution in [2.45, 2.75) is 32.7 Å². The van der Waals surface area contributed by atoms with E-state index in [9.17, 15) is 0 Å². The molecule has 0 bridgehead atoms. The number of hydrogen-bond donors (Lipinski definition) is 1. The number of halogens is 1. The number of nitrogens with zero attached hydrogens (tertiary/aromatic N) is 2. The van der Waals surface area contributed by atoms with E-state index in [-0.39, 0.29) is 0 Å². The van der Waals surface area contributed by atoms with Crippen molar-refractivity contribution < 1.29 is 0 Å². The Morgan fingerprint density at radius 1 is 1.21 bits per heavy atom. The van der Waals surface area contributed by atoms with E-state index in [1.807, 2.05) is 24.3 Å². The van der Waals surface area contributed by atoms with Crippen molar-refractivity contribution in [3.8, 4) is 0 Å². The summed E-state index contributed by atoms with van der Waals surface area (Å²) in [5.41, 5.74) is 1.21. The topological polar surface area (TPSA) is 37.8 Å². The highest BCUT2D eigenvalue weighted by molar-refractivity contribution is 7.11. The van der Waals surface area contributed by atoms with Gasteiger partial charge in [0.2, 0.25) is 0 Å². The first-order valence-electron chi connectivity index (χ1n) is 6.53. The second kappa shape index (κ2) is 6.98. The third-order valence-electron chi connectivity index (χ3n) is 2.91. The van der Waals surface area contributed by atoms with Crippen molar-refractivity contribution in [1.29, 1.82) is 0 Å². The van der Waals surface area contributed by atoms with E-state index >= 15 is 0 Å².